The van der Waals surface area contributed by atoms with Crippen molar-refractivity contribution < 1.29 is 19.9 Å². The van der Waals surface area contributed by atoms with E-state index in [4.69, 9.17) is 5.11 Å². The van der Waals surface area contributed by atoms with Crippen LogP contribution in [0.2, 0.25) is 0 Å². The second kappa shape index (κ2) is 10.2. The van der Waals surface area contributed by atoms with Crippen molar-refractivity contribution in [1.82, 2.24) is 15.0 Å². The molecule has 2 atom stereocenters. The second-order valence-electron chi connectivity index (χ2n) is 8.55. The second-order valence-corrected chi connectivity index (χ2v) is 8.55. The number of aliphatic hydroxyl groups is 2. The van der Waals surface area contributed by atoms with Crippen LogP contribution >= 0.6 is 0 Å². The molecule has 3 aromatic rings. The molecule has 1 aliphatic rings. The number of anilines is 1. The quantitative estimate of drug-likeness (QED) is 0.260. The molecule has 35 heavy (non-hydrogen) atoms. The van der Waals surface area contributed by atoms with Crippen molar-refractivity contribution in [2.75, 3.05) is 11.5 Å². The van der Waals surface area contributed by atoms with Crippen LogP contribution < -0.4 is 4.90 Å². The molecule has 10 heteroatoms. The Morgan fingerprint density at radius 1 is 1.23 bits per heavy atom. The lowest BCUT2D eigenvalue weighted by molar-refractivity contribution is -0.385. The van der Waals surface area contributed by atoms with E-state index in [1.54, 1.807) is 23.9 Å². The lowest BCUT2D eigenvalue weighted by Gasteiger charge is -2.27. The fraction of sp³-hybridized carbons (Fsp3) is 0.320. The van der Waals surface area contributed by atoms with E-state index in [-0.39, 0.29) is 24.4 Å². The van der Waals surface area contributed by atoms with Crippen molar-refractivity contribution in [3.63, 3.8) is 0 Å². The first-order valence-electron chi connectivity index (χ1n) is 11.4. The molecule has 0 unspecified atom stereocenters. The average molecular weight is 478 g/mol. The number of nitro groups is 1. The van der Waals surface area contributed by atoms with Gasteiger partial charge in [0.05, 0.1) is 22.8 Å². The highest BCUT2D eigenvalue weighted by Crippen LogP contribution is 2.47. The van der Waals surface area contributed by atoms with E-state index < -0.39 is 22.3 Å². The minimum Gasteiger partial charge on any atom is -0.396 e. The number of allylic oxidation sites excluding steroid dienone is 1. The number of aryl methyl sites for hydroxylation is 1. The number of aromatic nitrogens is 3. The molecule has 182 valence electrons. The molecule has 2 heterocycles. The molecule has 2 aromatic carbocycles. The van der Waals surface area contributed by atoms with Gasteiger partial charge in [-0.3, -0.25) is 19.6 Å². The Hall–Kier alpha value is -3.89. The van der Waals surface area contributed by atoms with Crippen LogP contribution in [0.3, 0.4) is 0 Å². The summed E-state index contributed by atoms with van der Waals surface area (Å²) < 4.78 is 1.66. The van der Waals surface area contributed by atoms with Gasteiger partial charge in [0.2, 0.25) is 0 Å². The number of nitrogens with zero attached hydrogens (tertiary/aromatic N) is 5. The number of hydrogen-bond acceptors (Lipinski definition) is 7. The van der Waals surface area contributed by atoms with Crippen LogP contribution in [0, 0.1) is 16.0 Å². The van der Waals surface area contributed by atoms with E-state index in [1.807, 2.05) is 36.4 Å². The molecule has 0 aliphatic carbocycles. The number of carbonyl (C=O) groups is 1. The maximum Gasteiger partial charge on any atom is 0.269 e. The first kappa shape index (κ1) is 24.2. The molecule has 0 radical (unpaired) electrons. The summed E-state index contributed by atoms with van der Waals surface area (Å²) in [5, 5.41) is 40.1. The summed E-state index contributed by atoms with van der Waals surface area (Å²) in [7, 11) is 0. The summed E-state index contributed by atoms with van der Waals surface area (Å²) in [6, 6.07) is 13.5. The predicted molar refractivity (Wildman–Crippen MR) is 128 cm³/mol. The van der Waals surface area contributed by atoms with Crippen LogP contribution in [0.5, 0.6) is 0 Å². The van der Waals surface area contributed by atoms with Crippen molar-refractivity contribution in [3.05, 3.63) is 93.8 Å². The number of benzene rings is 2. The number of hydrogen-bond donors (Lipinski definition) is 2. The third kappa shape index (κ3) is 4.84. The number of fused-ring (bicyclic) bond motifs is 1. The summed E-state index contributed by atoms with van der Waals surface area (Å²) in [5.41, 5.74) is 0.158. The highest BCUT2D eigenvalue weighted by Gasteiger charge is 2.53. The van der Waals surface area contributed by atoms with E-state index in [2.05, 4.69) is 10.3 Å². The van der Waals surface area contributed by atoms with Crippen molar-refractivity contribution in [3.8, 4) is 0 Å². The first-order chi connectivity index (χ1) is 16.8. The third-order valence-electron chi connectivity index (χ3n) is 6.21. The van der Waals surface area contributed by atoms with Gasteiger partial charge in [0.1, 0.15) is 0 Å². The van der Waals surface area contributed by atoms with E-state index in [9.17, 15) is 20.0 Å². The van der Waals surface area contributed by atoms with Gasteiger partial charge in [-0.1, -0.05) is 54.6 Å². The highest BCUT2D eigenvalue weighted by molar-refractivity contribution is 6.07. The maximum atomic E-state index is 13.6. The number of nitro benzene ring substituents is 1. The van der Waals surface area contributed by atoms with Crippen LogP contribution in [0.4, 0.5) is 11.4 Å². The van der Waals surface area contributed by atoms with Gasteiger partial charge in [-0.15, -0.1) is 5.10 Å². The zero-order valence-corrected chi connectivity index (χ0v) is 19.3. The van der Waals surface area contributed by atoms with Crippen LogP contribution in [0.1, 0.15) is 30.2 Å². The van der Waals surface area contributed by atoms with Gasteiger partial charge in [-0.2, -0.15) is 0 Å². The molecule has 4 rings (SSSR count). The SMILES string of the molecule is C[C@H](/C=C/CCn1cc(CCO)nn1)[C@@]1(O)C(=O)N(Cc2ccccc2)c2ccc([N+](=O)[O-])cc21. The lowest BCUT2D eigenvalue weighted by atomic mass is 9.82. The molecule has 0 bridgehead atoms. The minimum absolute atomic E-state index is 0.00362. The number of non-ortho nitro benzene ring substituents is 1. The Bertz CT molecular complexity index is 1240. The topological polar surface area (TPSA) is 135 Å². The molecule has 10 nitrogen and oxygen atoms in total. The maximum absolute atomic E-state index is 13.6. The van der Waals surface area contributed by atoms with Crippen molar-refractivity contribution >= 4 is 17.3 Å². The molecule has 1 aromatic heterocycles. The summed E-state index contributed by atoms with van der Waals surface area (Å²) in [6.45, 7) is 2.50. The van der Waals surface area contributed by atoms with Gasteiger partial charge in [0.25, 0.3) is 11.6 Å². The molecule has 1 amide bonds. The van der Waals surface area contributed by atoms with E-state index in [1.165, 1.54) is 23.1 Å². The van der Waals surface area contributed by atoms with Gasteiger partial charge in [0.15, 0.2) is 5.60 Å². The Labute approximate surface area is 202 Å². The van der Waals surface area contributed by atoms with Crippen LogP contribution in [-0.4, -0.2) is 42.6 Å². The Kier molecular flexibility index (Phi) is 7.04. The van der Waals surface area contributed by atoms with E-state index in [0.717, 1.165) is 5.56 Å². The first-order valence-corrected chi connectivity index (χ1v) is 11.4. The normalized spacial score (nSPS) is 18.3. The Balaban J connectivity index is 1.57. The summed E-state index contributed by atoms with van der Waals surface area (Å²) in [6.07, 6.45) is 6.37. The molecule has 0 spiro atoms. The number of amides is 1. The molecule has 0 fully saturated rings. The number of aliphatic hydroxyl groups excluding tert-OH is 1. The van der Waals surface area contributed by atoms with Gasteiger partial charge in [-0.25, -0.2) is 0 Å². The lowest BCUT2D eigenvalue weighted by Crippen LogP contribution is -2.44. The van der Waals surface area contributed by atoms with Crippen LogP contribution in [0.15, 0.2) is 66.9 Å². The Morgan fingerprint density at radius 2 is 2.00 bits per heavy atom. The van der Waals surface area contributed by atoms with E-state index >= 15 is 0 Å². The largest absolute Gasteiger partial charge is 0.396 e. The molecule has 1 aliphatic heterocycles. The smallest absolute Gasteiger partial charge is 0.269 e. The molecule has 0 saturated carbocycles. The zero-order chi connectivity index (χ0) is 25.0. The van der Waals surface area contributed by atoms with Crippen LogP contribution in [0.25, 0.3) is 0 Å². The molecule has 0 saturated heterocycles. The van der Waals surface area contributed by atoms with E-state index in [0.29, 0.717) is 30.8 Å². The fourth-order valence-electron chi connectivity index (χ4n) is 4.29. The van der Waals surface area contributed by atoms with Gasteiger partial charge < -0.3 is 15.1 Å². The molecular weight excluding hydrogens is 450 g/mol. The minimum atomic E-state index is -1.94. The summed E-state index contributed by atoms with van der Waals surface area (Å²) in [5.74, 6) is -1.16. The molecular formula is C25H27N5O5. The zero-order valence-electron chi connectivity index (χ0n) is 19.3. The predicted octanol–water partition coefficient (Wildman–Crippen LogP) is 2.74. The summed E-state index contributed by atoms with van der Waals surface area (Å²) in [4.78, 5) is 25.9. The van der Waals surface area contributed by atoms with Gasteiger partial charge in [0, 0.05) is 49.4 Å². The number of rotatable bonds is 10. The molecule has 2 N–H and O–H groups in total. The summed E-state index contributed by atoms with van der Waals surface area (Å²) >= 11 is 0. The third-order valence-corrected chi connectivity index (χ3v) is 6.21. The van der Waals surface area contributed by atoms with Crippen molar-refractivity contribution in [2.45, 2.75) is 38.5 Å². The van der Waals surface area contributed by atoms with Crippen LogP contribution in [-0.2, 0) is 29.9 Å². The highest BCUT2D eigenvalue weighted by atomic mass is 16.6. The fourth-order valence-corrected chi connectivity index (χ4v) is 4.29. The van der Waals surface area contributed by atoms with Gasteiger partial charge in [-0.05, 0) is 18.1 Å². The average Bonchev–Trinajstić information content (AvgIpc) is 3.39. The number of carbonyl (C=O) groups excluding carboxylic acids is 1. The van der Waals surface area contributed by atoms with Gasteiger partial charge >= 0.3 is 0 Å². The Morgan fingerprint density at radius 3 is 2.71 bits per heavy atom. The van der Waals surface area contributed by atoms with Crippen molar-refractivity contribution in [2.24, 2.45) is 5.92 Å². The standard InChI is InChI=1S/C25H27N5O5/c1-18(7-5-6-13-28-17-20(12-14-31)26-27-28)25(33)22-15-21(30(34)35)10-11-23(22)29(24(25)32)16-19-8-3-2-4-9-19/h2-5,7-11,15,17-18,31,33H,6,12-14,16H2,1H3/b7-5+/t18-,25+/m1/s1. The monoisotopic (exact) mass is 477 g/mol. The van der Waals surface area contributed by atoms with Crippen molar-refractivity contribution in [1.29, 1.82) is 0 Å².